The number of carbonyl (C=O) groups is 2. The molecule has 0 aliphatic carbocycles. The Bertz CT molecular complexity index is 802. The van der Waals surface area contributed by atoms with Crippen LogP contribution in [0.3, 0.4) is 0 Å². The Labute approximate surface area is 170 Å². The fourth-order valence-corrected chi connectivity index (χ4v) is 4.44. The van der Waals surface area contributed by atoms with E-state index in [1.807, 2.05) is 43.0 Å². The number of thiazole rings is 1. The van der Waals surface area contributed by atoms with Crippen LogP contribution in [-0.2, 0) is 24.1 Å². The molecule has 3 rings (SSSR count). The van der Waals surface area contributed by atoms with Gasteiger partial charge in [-0.05, 0) is 31.5 Å². The summed E-state index contributed by atoms with van der Waals surface area (Å²) in [5, 5.41) is 0.576. The van der Waals surface area contributed by atoms with Gasteiger partial charge in [0.2, 0.25) is 5.91 Å². The molecule has 150 valence electrons. The van der Waals surface area contributed by atoms with Crippen LogP contribution < -0.4 is 4.74 Å². The molecule has 1 aromatic heterocycles. The molecular weight excluding hydrogens is 374 g/mol. The van der Waals surface area contributed by atoms with Gasteiger partial charge in [-0.2, -0.15) is 0 Å². The Balaban J connectivity index is 1.62. The van der Waals surface area contributed by atoms with Crippen molar-refractivity contribution in [3.8, 4) is 5.75 Å². The first-order valence-electron chi connectivity index (χ1n) is 9.74. The summed E-state index contributed by atoms with van der Waals surface area (Å²) in [6, 6.07) is 7.61. The molecule has 0 atom stereocenters. The molecule has 1 aromatic carbocycles. The van der Waals surface area contributed by atoms with E-state index in [0.29, 0.717) is 44.0 Å². The van der Waals surface area contributed by atoms with E-state index < -0.39 is 0 Å². The van der Waals surface area contributed by atoms with E-state index in [4.69, 9.17) is 4.74 Å². The maximum Gasteiger partial charge on any atom is 0.282 e. The SMILES string of the molecule is CCN(CC)C(=O)c1nc2c(s1)CCN(C(=O)Cc1ccc(OC)cc1)CC2. The third kappa shape index (κ3) is 4.52. The summed E-state index contributed by atoms with van der Waals surface area (Å²) in [5.74, 6) is 0.923. The monoisotopic (exact) mass is 401 g/mol. The van der Waals surface area contributed by atoms with Crippen molar-refractivity contribution in [3.05, 3.63) is 45.4 Å². The average molecular weight is 402 g/mol. The van der Waals surface area contributed by atoms with Gasteiger partial charge in [0.15, 0.2) is 5.01 Å². The lowest BCUT2D eigenvalue weighted by molar-refractivity contribution is -0.130. The number of methoxy groups -OCH3 is 1. The van der Waals surface area contributed by atoms with Crippen LogP contribution in [0.1, 0.15) is 39.8 Å². The maximum absolute atomic E-state index is 12.7. The van der Waals surface area contributed by atoms with E-state index in [-0.39, 0.29) is 11.8 Å². The number of amides is 2. The van der Waals surface area contributed by atoms with Gasteiger partial charge >= 0.3 is 0 Å². The van der Waals surface area contributed by atoms with Crippen LogP contribution in [0.4, 0.5) is 0 Å². The van der Waals surface area contributed by atoms with Gasteiger partial charge in [-0.1, -0.05) is 12.1 Å². The number of ether oxygens (including phenoxy) is 1. The van der Waals surface area contributed by atoms with Crippen LogP contribution >= 0.6 is 11.3 Å². The molecule has 2 aromatic rings. The van der Waals surface area contributed by atoms with Crippen molar-refractivity contribution in [3.63, 3.8) is 0 Å². The third-order valence-corrected chi connectivity index (χ3v) is 6.25. The van der Waals surface area contributed by atoms with Crippen molar-refractivity contribution >= 4 is 23.2 Å². The molecule has 0 bridgehead atoms. The van der Waals surface area contributed by atoms with E-state index in [1.54, 1.807) is 12.0 Å². The zero-order valence-electron chi connectivity index (χ0n) is 16.7. The Kier molecular flexibility index (Phi) is 6.67. The molecule has 1 aliphatic heterocycles. The van der Waals surface area contributed by atoms with Crippen LogP contribution in [0.15, 0.2) is 24.3 Å². The van der Waals surface area contributed by atoms with Crippen LogP contribution in [0.2, 0.25) is 0 Å². The number of rotatable bonds is 6. The van der Waals surface area contributed by atoms with Gasteiger partial charge in [0.25, 0.3) is 5.91 Å². The summed E-state index contributed by atoms with van der Waals surface area (Å²) in [7, 11) is 1.63. The summed E-state index contributed by atoms with van der Waals surface area (Å²) in [5.41, 5.74) is 1.95. The second kappa shape index (κ2) is 9.19. The van der Waals surface area contributed by atoms with Crippen molar-refractivity contribution in [2.75, 3.05) is 33.3 Å². The molecule has 0 radical (unpaired) electrons. The Morgan fingerprint density at radius 1 is 1.14 bits per heavy atom. The van der Waals surface area contributed by atoms with Gasteiger partial charge in [-0.15, -0.1) is 11.3 Å². The van der Waals surface area contributed by atoms with Crippen molar-refractivity contribution in [2.45, 2.75) is 33.1 Å². The molecule has 0 unspecified atom stereocenters. The molecule has 7 heteroatoms. The lowest BCUT2D eigenvalue weighted by atomic mass is 10.1. The largest absolute Gasteiger partial charge is 0.497 e. The Hall–Kier alpha value is -2.41. The first kappa shape index (κ1) is 20.3. The molecule has 0 saturated heterocycles. The number of fused-ring (bicyclic) bond motifs is 1. The van der Waals surface area contributed by atoms with Crippen LogP contribution in [0, 0.1) is 0 Å². The van der Waals surface area contributed by atoms with E-state index in [9.17, 15) is 9.59 Å². The number of hydrogen-bond acceptors (Lipinski definition) is 5. The Morgan fingerprint density at radius 2 is 1.82 bits per heavy atom. The lowest BCUT2D eigenvalue weighted by Crippen LogP contribution is -2.34. The number of aromatic nitrogens is 1. The van der Waals surface area contributed by atoms with Gasteiger partial charge in [-0.25, -0.2) is 4.98 Å². The van der Waals surface area contributed by atoms with Crippen molar-refractivity contribution in [1.82, 2.24) is 14.8 Å². The van der Waals surface area contributed by atoms with Gasteiger partial charge in [0.05, 0.1) is 19.2 Å². The molecular formula is C21H27N3O3S. The standard InChI is InChI=1S/C21H27N3O3S/c1-4-23(5-2)21(26)20-22-17-10-12-24(13-11-18(17)28-20)19(25)14-15-6-8-16(27-3)9-7-15/h6-9H,4-5,10-14H2,1-3H3. The average Bonchev–Trinajstić information content (AvgIpc) is 3.02. The second-order valence-corrected chi connectivity index (χ2v) is 7.86. The zero-order chi connectivity index (χ0) is 20.1. The molecule has 0 fully saturated rings. The topological polar surface area (TPSA) is 62.7 Å². The van der Waals surface area contributed by atoms with Crippen LogP contribution in [-0.4, -0.2) is 59.9 Å². The summed E-state index contributed by atoms with van der Waals surface area (Å²) < 4.78 is 5.16. The molecule has 2 amide bonds. The van der Waals surface area contributed by atoms with Crippen LogP contribution in [0.25, 0.3) is 0 Å². The van der Waals surface area contributed by atoms with Crippen molar-refractivity contribution < 1.29 is 14.3 Å². The highest BCUT2D eigenvalue weighted by atomic mass is 32.1. The van der Waals surface area contributed by atoms with Crippen molar-refractivity contribution in [1.29, 1.82) is 0 Å². The number of carbonyl (C=O) groups excluding carboxylic acids is 2. The van der Waals surface area contributed by atoms with Gasteiger partial charge in [0.1, 0.15) is 5.75 Å². The minimum atomic E-state index is 0.00973. The quantitative estimate of drug-likeness (QED) is 0.747. The molecule has 0 spiro atoms. The highest BCUT2D eigenvalue weighted by Crippen LogP contribution is 2.24. The van der Waals surface area contributed by atoms with E-state index in [2.05, 4.69) is 4.98 Å². The molecule has 0 saturated carbocycles. The fraction of sp³-hybridized carbons (Fsp3) is 0.476. The molecule has 28 heavy (non-hydrogen) atoms. The smallest absolute Gasteiger partial charge is 0.282 e. The highest BCUT2D eigenvalue weighted by molar-refractivity contribution is 7.13. The maximum atomic E-state index is 12.7. The minimum absolute atomic E-state index is 0.00973. The summed E-state index contributed by atoms with van der Waals surface area (Å²) in [6.45, 7) is 6.65. The lowest BCUT2D eigenvalue weighted by Gasteiger charge is -2.20. The molecule has 0 N–H and O–H groups in total. The predicted molar refractivity (Wildman–Crippen MR) is 110 cm³/mol. The summed E-state index contributed by atoms with van der Waals surface area (Å²) >= 11 is 1.48. The first-order chi connectivity index (χ1) is 13.5. The van der Waals surface area contributed by atoms with E-state index >= 15 is 0 Å². The summed E-state index contributed by atoms with van der Waals surface area (Å²) in [6.07, 6.45) is 1.84. The van der Waals surface area contributed by atoms with E-state index in [0.717, 1.165) is 28.3 Å². The normalized spacial score (nSPS) is 13.6. The molecule has 6 nitrogen and oxygen atoms in total. The zero-order valence-corrected chi connectivity index (χ0v) is 17.6. The number of hydrogen-bond donors (Lipinski definition) is 0. The van der Waals surface area contributed by atoms with Gasteiger partial charge in [-0.3, -0.25) is 9.59 Å². The van der Waals surface area contributed by atoms with Gasteiger partial charge < -0.3 is 14.5 Å². The second-order valence-electron chi connectivity index (χ2n) is 6.77. The number of benzene rings is 1. The fourth-order valence-electron chi connectivity index (χ4n) is 3.38. The van der Waals surface area contributed by atoms with E-state index in [1.165, 1.54) is 11.3 Å². The highest BCUT2D eigenvalue weighted by Gasteiger charge is 2.24. The molecule has 2 heterocycles. The number of nitrogens with zero attached hydrogens (tertiary/aromatic N) is 3. The Morgan fingerprint density at radius 3 is 2.46 bits per heavy atom. The minimum Gasteiger partial charge on any atom is -0.497 e. The van der Waals surface area contributed by atoms with Gasteiger partial charge in [0, 0.05) is 43.9 Å². The van der Waals surface area contributed by atoms with Crippen LogP contribution in [0.5, 0.6) is 5.75 Å². The predicted octanol–water partition coefficient (Wildman–Crippen LogP) is 2.80. The third-order valence-electron chi connectivity index (χ3n) is 5.11. The first-order valence-corrected chi connectivity index (χ1v) is 10.6. The van der Waals surface area contributed by atoms with Crippen molar-refractivity contribution in [2.24, 2.45) is 0 Å². The molecule has 1 aliphatic rings. The summed E-state index contributed by atoms with van der Waals surface area (Å²) in [4.78, 5) is 34.7.